The molecule has 162 valence electrons. The van der Waals surface area contributed by atoms with Gasteiger partial charge >= 0.3 is 0 Å². The highest BCUT2D eigenvalue weighted by atomic mass is 16.5. The van der Waals surface area contributed by atoms with E-state index in [1.165, 1.54) is 29.5 Å². The molecule has 0 bridgehead atoms. The number of hydrogen-bond donors (Lipinski definition) is 4. The van der Waals surface area contributed by atoms with Gasteiger partial charge in [-0.2, -0.15) is 0 Å². The molecule has 0 saturated heterocycles. The first-order chi connectivity index (χ1) is 14.5. The molecule has 30 heavy (non-hydrogen) atoms. The van der Waals surface area contributed by atoms with Crippen LogP contribution in [-0.2, 0) is 6.42 Å². The van der Waals surface area contributed by atoms with Crippen molar-refractivity contribution in [1.82, 2.24) is 0 Å². The van der Waals surface area contributed by atoms with E-state index in [9.17, 15) is 20.4 Å². The molecule has 0 radical (unpaired) electrons. The van der Waals surface area contributed by atoms with Crippen molar-refractivity contribution in [3.05, 3.63) is 64.7 Å². The lowest BCUT2D eigenvalue weighted by Crippen LogP contribution is -2.51. The predicted octanol–water partition coefficient (Wildman–Crippen LogP) is 2.73. The van der Waals surface area contributed by atoms with Crippen LogP contribution in [0.25, 0.3) is 0 Å². The summed E-state index contributed by atoms with van der Waals surface area (Å²) in [6.45, 7) is 2.41. The normalized spacial score (nSPS) is 29.0. The van der Waals surface area contributed by atoms with E-state index in [-0.39, 0.29) is 12.5 Å². The van der Waals surface area contributed by atoms with Gasteiger partial charge in [-0.25, -0.2) is 0 Å². The van der Waals surface area contributed by atoms with Crippen molar-refractivity contribution in [2.24, 2.45) is 5.92 Å². The van der Waals surface area contributed by atoms with E-state index in [4.69, 9.17) is 4.74 Å². The minimum Gasteiger partial charge on any atom is -0.494 e. The van der Waals surface area contributed by atoms with E-state index >= 15 is 0 Å². The largest absolute Gasteiger partial charge is 0.494 e. The third kappa shape index (κ3) is 4.40. The third-order valence-electron chi connectivity index (χ3n) is 6.63. The molecule has 0 unspecified atom stereocenters. The summed E-state index contributed by atoms with van der Waals surface area (Å²) in [6, 6.07) is 14.5. The van der Waals surface area contributed by atoms with Crippen LogP contribution in [-0.4, -0.2) is 52.0 Å². The van der Waals surface area contributed by atoms with Crippen molar-refractivity contribution in [2.75, 3.05) is 13.2 Å². The third-order valence-corrected chi connectivity index (χ3v) is 6.63. The Balaban J connectivity index is 1.61. The van der Waals surface area contributed by atoms with Crippen LogP contribution in [0.2, 0.25) is 0 Å². The summed E-state index contributed by atoms with van der Waals surface area (Å²) in [5.41, 5.74) is 4.76. The van der Waals surface area contributed by atoms with Crippen molar-refractivity contribution >= 4 is 0 Å². The van der Waals surface area contributed by atoms with E-state index in [0.29, 0.717) is 18.9 Å². The Labute approximate surface area is 178 Å². The Hall–Kier alpha value is -1.92. The smallest absolute Gasteiger partial charge is 0.119 e. The molecule has 5 atom stereocenters. The SMILES string of the molecule is CCOc1ccc(Cc2cc([C@@H]3C[C@H](CO)[C@@H](O)[C@H](O)[C@H]3O)ccc2C2CC2)cc1. The molecular weight excluding hydrogens is 380 g/mol. The van der Waals surface area contributed by atoms with Crippen LogP contribution in [0, 0.1) is 5.92 Å². The Bertz CT molecular complexity index is 843. The van der Waals surface area contributed by atoms with Gasteiger partial charge in [0.1, 0.15) is 11.9 Å². The van der Waals surface area contributed by atoms with Gasteiger partial charge < -0.3 is 25.2 Å². The molecule has 5 heteroatoms. The van der Waals surface area contributed by atoms with Gasteiger partial charge in [-0.3, -0.25) is 0 Å². The molecule has 0 spiro atoms. The average Bonchev–Trinajstić information content (AvgIpc) is 3.59. The molecule has 2 aromatic rings. The van der Waals surface area contributed by atoms with Crippen molar-refractivity contribution in [1.29, 1.82) is 0 Å². The first-order valence-corrected chi connectivity index (χ1v) is 11.0. The zero-order chi connectivity index (χ0) is 21.3. The van der Waals surface area contributed by atoms with Gasteiger partial charge in [-0.1, -0.05) is 30.3 Å². The molecule has 2 fully saturated rings. The highest BCUT2D eigenvalue weighted by molar-refractivity contribution is 5.42. The zero-order valence-electron chi connectivity index (χ0n) is 17.4. The quantitative estimate of drug-likeness (QED) is 0.562. The number of aliphatic hydroxyl groups excluding tert-OH is 4. The molecule has 2 aromatic carbocycles. The van der Waals surface area contributed by atoms with Gasteiger partial charge in [-0.15, -0.1) is 0 Å². The van der Waals surface area contributed by atoms with Crippen LogP contribution in [0.1, 0.15) is 60.3 Å². The number of rotatable bonds is 7. The standard InChI is InChI=1S/C25H32O5/c1-2-30-20-8-3-15(4-9-20)11-18-12-17(7-10-21(18)16-5-6-16)22-13-19(14-26)23(27)25(29)24(22)28/h3-4,7-10,12,16,19,22-29H,2,5-6,11,13-14H2,1H3/t19-,22+,23-,24+,25+/m1/s1. The molecule has 0 aromatic heterocycles. The summed E-state index contributed by atoms with van der Waals surface area (Å²) in [7, 11) is 0. The molecule has 4 rings (SSSR count). The van der Waals surface area contributed by atoms with Gasteiger partial charge in [0.2, 0.25) is 0 Å². The molecule has 2 aliphatic rings. The molecule has 4 N–H and O–H groups in total. The Morgan fingerprint density at radius 1 is 0.933 bits per heavy atom. The molecule has 2 saturated carbocycles. The number of benzene rings is 2. The fraction of sp³-hybridized carbons (Fsp3) is 0.520. The van der Waals surface area contributed by atoms with E-state index in [1.54, 1.807) is 0 Å². The monoisotopic (exact) mass is 412 g/mol. The molecular formula is C25H32O5. The fourth-order valence-corrected chi connectivity index (χ4v) is 4.73. The Morgan fingerprint density at radius 2 is 1.67 bits per heavy atom. The van der Waals surface area contributed by atoms with E-state index in [2.05, 4.69) is 24.3 Å². The summed E-state index contributed by atoms with van der Waals surface area (Å²) < 4.78 is 5.54. The van der Waals surface area contributed by atoms with Crippen molar-refractivity contribution < 1.29 is 25.2 Å². The van der Waals surface area contributed by atoms with Gasteiger partial charge in [0.15, 0.2) is 0 Å². The molecule has 0 aliphatic heterocycles. The van der Waals surface area contributed by atoms with Crippen molar-refractivity contribution in [2.45, 2.75) is 62.8 Å². The Kier molecular flexibility index (Phi) is 6.44. The average molecular weight is 413 g/mol. The lowest BCUT2D eigenvalue weighted by Gasteiger charge is -2.40. The van der Waals surface area contributed by atoms with Crippen molar-refractivity contribution in [3.8, 4) is 5.75 Å². The molecule has 2 aliphatic carbocycles. The predicted molar refractivity (Wildman–Crippen MR) is 115 cm³/mol. The first-order valence-electron chi connectivity index (χ1n) is 11.0. The molecule has 0 heterocycles. The van der Waals surface area contributed by atoms with Gasteiger partial charge in [-0.05, 0) is 72.9 Å². The summed E-state index contributed by atoms with van der Waals surface area (Å²) in [5, 5.41) is 40.6. The highest BCUT2D eigenvalue weighted by Crippen LogP contribution is 2.44. The minimum absolute atomic E-state index is 0.208. The zero-order valence-corrected chi connectivity index (χ0v) is 17.4. The van der Waals surface area contributed by atoms with E-state index in [0.717, 1.165) is 17.7 Å². The summed E-state index contributed by atoms with van der Waals surface area (Å²) >= 11 is 0. The second-order valence-corrected chi connectivity index (χ2v) is 8.74. The van der Waals surface area contributed by atoms with Crippen LogP contribution in [0.4, 0.5) is 0 Å². The topological polar surface area (TPSA) is 90.2 Å². The summed E-state index contributed by atoms with van der Waals surface area (Å²) in [6.07, 6.45) is 0.255. The van der Waals surface area contributed by atoms with Crippen LogP contribution >= 0.6 is 0 Å². The first kappa shape index (κ1) is 21.3. The lowest BCUT2D eigenvalue weighted by molar-refractivity contribution is -0.127. The number of aliphatic hydroxyl groups is 4. The van der Waals surface area contributed by atoms with Gasteiger partial charge in [0, 0.05) is 18.4 Å². The maximum Gasteiger partial charge on any atom is 0.119 e. The molecule has 5 nitrogen and oxygen atoms in total. The maximum atomic E-state index is 10.6. The lowest BCUT2D eigenvalue weighted by atomic mass is 9.72. The van der Waals surface area contributed by atoms with Crippen LogP contribution in [0.5, 0.6) is 5.75 Å². The van der Waals surface area contributed by atoms with Crippen LogP contribution in [0.3, 0.4) is 0 Å². The number of ether oxygens (including phenoxy) is 1. The Morgan fingerprint density at radius 3 is 2.30 bits per heavy atom. The highest BCUT2D eigenvalue weighted by Gasteiger charge is 2.43. The van der Waals surface area contributed by atoms with E-state index in [1.807, 2.05) is 25.1 Å². The second kappa shape index (κ2) is 9.06. The summed E-state index contributed by atoms with van der Waals surface area (Å²) in [5.74, 6) is 0.718. The van der Waals surface area contributed by atoms with Crippen molar-refractivity contribution in [3.63, 3.8) is 0 Å². The summed E-state index contributed by atoms with van der Waals surface area (Å²) in [4.78, 5) is 0. The van der Waals surface area contributed by atoms with Crippen LogP contribution in [0.15, 0.2) is 42.5 Å². The fourth-order valence-electron chi connectivity index (χ4n) is 4.73. The van der Waals surface area contributed by atoms with Gasteiger partial charge in [0.05, 0.1) is 18.8 Å². The second-order valence-electron chi connectivity index (χ2n) is 8.74. The molecule has 0 amide bonds. The van der Waals surface area contributed by atoms with E-state index < -0.39 is 24.2 Å². The maximum absolute atomic E-state index is 10.6. The minimum atomic E-state index is -1.25. The number of hydrogen-bond acceptors (Lipinski definition) is 5. The van der Waals surface area contributed by atoms with Crippen LogP contribution < -0.4 is 4.74 Å². The van der Waals surface area contributed by atoms with Gasteiger partial charge in [0.25, 0.3) is 0 Å².